The molecular formula is C15H22N2O2S. The summed E-state index contributed by atoms with van der Waals surface area (Å²) in [5.74, 6) is 0. The second-order valence-electron chi connectivity index (χ2n) is 5.96. The highest BCUT2D eigenvalue weighted by atomic mass is 32.2. The van der Waals surface area contributed by atoms with Crippen molar-refractivity contribution >= 4 is 15.7 Å². The van der Waals surface area contributed by atoms with Crippen LogP contribution in [0.4, 0.5) is 5.69 Å². The van der Waals surface area contributed by atoms with Gasteiger partial charge in [-0.2, -0.15) is 0 Å². The van der Waals surface area contributed by atoms with Gasteiger partial charge in [-0.3, -0.25) is 0 Å². The monoisotopic (exact) mass is 294 g/mol. The molecule has 1 aromatic carbocycles. The van der Waals surface area contributed by atoms with Crippen LogP contribution in [0.2, 0.25) is 0 Å². The molecule has 0 radical (unpaired) electrons. The van der Waals surface area contributed by atoms with Crippen LogP contribution in [0.1, 0.15) is 49.7 Å². The lowest BCUT2D eigenvalue weighted by Gasteiger charge is -2.20. The Hall–Kier alpha value is -1.07. The molecule has 20 heavy (non-hydrogen) atoms. The predicted molar refractivity (Wildman–Crippen MR) is 80.1 cm³/mol. The molecule has 0 atom stereocenters. The van der Waals surface area contributed by atoms with E-state index in [2.05, 4.69) is 4.72 Å². The topological polar surface area (TPSA) is 72.2 Å². The van der Waals surface area contributed by atoms with Gasteiger partial charge in [0.15, 0.2) is 0 Å². The van der Waals surface area contributed by atoms with Crippen molar-refractivity contribution in [2.45, 2.75) is 62.3 Å². The van der Waals surface area contributed by atoms with Gasteiger partial charge in [0.05, 0.1) is 4.90 Å². The first-order valence-corrected chi connectivity index (χ1v) is 8.98. The van der Waals surface area contributed by atoms with Crippen LogP contribution in [0.15, 0.2) is 17.0 Å². The fraction of sp³-hybridized carbons (Fsp3) is 0.600. The number of hydrogen-bond donors (Lipinski definition) is 2. The summed E-state index contributed by atoms with van der Waals surface area (Å²) in [5.41, 5.74) is 8.95. The Morgan fingerprint density at radius 1 is 1.05 bits per heavy atom. The average Bonchev–Trinajstić information content (AvgIpc) is 2.91. The Bertz CT molecular complexity index is 605. The summed E-state index contributed by atoms with van der Waals surface area (Å²) in [7, 11) is -3.43. The lowest BCUT2D eigenvalue weighted by Crippen LogP contribution is -2.32. The second kappa shape index (κ2) is 5.37. The minimum absolute atomic E-state index is 0.0947. The molecule has 1 aromatic rings. The molecule has 5 heteroatoms. The zero-order valence-corrected chi connectivity index (χ0v) is 12.5. The molecule has 0 aromatic heterocycles. The van der Waals surface area contributed by atoms with E-state index < -0.39 is 10.0 Å². The van der Waals surface area contributed by atoms with Crippen molar-refractivity contribution in [3.8, 4) is 0 Å². The maximum absolute atomic E-state index is 12.5. The lowest BCUT2D eigenvalue weighted by atomic mass is 9.91. The molecule has 0 saturated heterocycles. The number of fused-ring (bicyclic) bond motifs is 1. The fourth-order valence-electron chi connectivity index (χ4n) is 3.36. The van der Waals surface area contributed by atoms with Gasteiger partial charge in [0, 0.05) is 11.7 Å². The molecule has 1 saturated carbocycles. The van der Waals surface area contributed by atoms with Gasteiger partial charge < -0.3 is 5.73 Å². The summed E-state index contributed by atoms with van der Waals surface area (Å²) in [6, 6.07) is 3.54. The summed E-state index contributed by atoms with van der Waals surface area (Å²) in [6.07, 6.45) is 8.28. The van der Waals surface area contributed by atoms with Crippen LogP contribution < -0.4 is 10.5 Å². The number of anilines is 1. The Labute approximate surface area is 120 Å². The van der Waals surface area contributed by atoms with Gasteiger partial charge in [0.25, 0.3) is 0 Å². The smallest absolute Gasteiger partial charge is 0.240 e. The number of benzene rings is 1. The van der Waals surface area contributed by atoms with E-state index in [0.717, 1.165) is 62.5 Å². The van der Waals surface area contributed by atoms with Gasteiger partial charge in [0.1, 0.15) is 0 Å². The van der Waals surface area contributed by atoms with Gasteiger partial charge in [0.2, 0.25) is 10.0 Å². The van der Waals surface area contributed by atoms with Crippen molar-refractivity contribution in [1.82, 2.24) is 4.72 Å². The molecule has 0 bridgehead atoms. The number of nitrogens with two attached hydrogens (primary N) is 1. The highest BCUT2D eigenvalue weighted by Gasteiger charge is 2.24. The molecule has 4 nitrogen and oxygen atoms in total. The molecular weight excluding hydrogens is 272 g/mol. The van der Waals surface area contributed by atoms with Crippen molar-refractivity contribution < 1.29 is 8.42 Å². The SMILES string of the molecule is Nc1cc(S(=O)(=O)NC2CCCC2)cc2c1CCCC2. The summed E-state index contributed by atoms with van der Waals surface area (Å²) in [5, 5.41) is 0. The molecule has 0 spiro atoms. The molecule has 2 aliphatic rings. The normalized spacial score (nSPS) is 20.0. The number of nitrogens with one attached hydrogen (secondary N) is 1. The highest BCUT2D eigenvalue weighted by Crippen LogP contribution is 2.30. The summed E-state index contributed by atoms with van der Waals surface area (Å²) in [4.78, 5) is 0.336. The minimum atomic E-state index is -3.43. The van der Waals surface area contributed by atoms with Crippen LogP contribution in [0.25, 0.3) is 0 Å². The number of rotatable bonds is 3. The zero-order valence-electron chi connectivity index (χ0n) is 11.7. The Morgan fingerprint density at radius 2 is 1.75 bits per heavy atom. The molecule has 3 rings (SSSR count). The fourth-order valence-corrected chi connectivity index (χ4v) is 4.75. The van der Waals surface area contributed by atoms with Crippen LogP contribution in [0.3, 0.4) is 0 Å². The molecule has 0 aliphatic heterocycles. The van der Waals surface area contributed by atoms with Crippen LogP contribution in [-0.4, -0.2) is 14.5 Å². The van der Waals surface area contributed by atoms with E-state index in [1.807, 2.05) is 6.07 Å². The van der Waals surface area contributed by atoms with Gasteiger partial charge in [-0.15, -0.1) is 0 Å². The van der Waals surface area contributed by atoms with Crippen LogP contribution in [0.5, 0.6) is 0 Å². The number of sulfonamides is 1. The van der Waals surface area contributed by atoms with E-state index in [1.54, 1.807) is 6.07 Å². The summed E-state index contributed by atoms with van der Waals surface area (Å²) < 4.78 is 27.7. The van der Waals surface area contributed by atoms with E-state index in [4.69, 9.17) is 5.73 Å². The minimum Gasteiger partial charge on any atom is -0.398 e. The van der Waals surface area contributed by atoms with E-state index >= 15 is 0 Å². The second-order valence-corrected chi connectivity index (χ2v) is 7.67. The highest BCUT2D eigenvalue weighted by molar-refractivity contribution is 7.89. The largest absolute Gasteiger partial charge is 0.398 e. The van der Waals surface area contributed by atoms with Crippen LogP contribution in [-0.2, 0) is 22.9 Å². The first kappa shape index (κ1) is 13.9. The maximum Gasteiger partial charge on any atom is 0.240 e. The Kier molecular flexibility index (Phi) is 3.73. The molecule has 2 aliphatic carbocycles. The van der Waals surface area contributed by atoms with Crippen molar-refractivity contribution in [3.63, 3.8) is 0 Å². The van der Waals surface area contributed by atoms with Crippen molar-refractivity contribution in [3.05, 3.63) is 23.3 Å². The van der Waals surface area contributed by atoms with Crippen molar-refractivity contribution in [1.29, 1.82) is 0 Å². The maximum atomic E-state index is 12.5. The van der Waals surface area contributed by atoms with Crippen LogP contribution in [0, 0.1) is 0 Å². The summed E-state index contributed by atoms with van der Waals surface area (Å²) in [6.45, 7) is 0. The summed E-state index contributed by atoms with van der Waals surface area (Å²) >= 11 is 0. The predicted octanol–water partition coefficient (Wildman–Crippen LogP) is 2.37. The van der Waals surface area contributed by atoms with Gasteiger partial charge in [-0.05, 0) is 61.8 Å². The van der Waals surface area contributed by atoms with E-state index in [1.165, 1.54) is 0 Å². The van der Waals surface area contributed by atoms with E-state index in [-0.39, 0.29) is 6.04 Å². The first-order valence-electron chi connectivity index (χ1n) is 7.50. The van der Waals surface area contributed by atoms with Gasteiger partial charge in [-0.25, -0.2) is 13.1 Å². The molecule has 1 fully saturated rings. The zero-order chi connectivity index (χ0) is 14.2. The number of aryl methyl sites for hydroxylation is 1. The number of nitrogen functional groups attached to an aromatic ring is 1. The average molecular weight is 294 g/mol. The quantitative estimate of drug-likeness (QED) is 0.841. The third-order valence-electron chi connectivity index (χ3n) is 4.46. The Morgan fingerprint density at radius 3 is 2.50 bits per heavy atom. The third-order valence-corrected chi connectivity index (χ3v) is 5.96. The van der Waals surface area contributed by atoms with E-state index in [9.17, 15) is 8.42 Å². The van der Waals surface area contributed by atoms with Crippen molar-refractivity contribution in [2.75, 3.05) is 5.73 Å². The first-order chi connectivity index (χ1) is 9.56. The molecule has 3 N–H and O–H groups in total. The molecule has 110 valence electrons. The van der Waals surface area contributed by atoms with E-state index in [0.29, 0.717) is 10.6 Å². The standard InChI is InChI=1S/C15H22N2O2S/c16-15-10-13(9-11-5-1-4-8-14(11)15)20(18,19)17-12-6-2-3-7-12/h9-10,12,17H,1-8,16H2. The van der Waals surface area contributed by atoms with Crippen molar-refractivity contribution in [2.24, 2.45) is 0 Å². The molecule has 0 heterocycles. The van der Waals surface area contributed by atoms with Gasteiger partial charge in [-0.1, -0.05) is 12.8 Å². The third kappa shape index (κ3) is 2.69. The molecule has 0 unspecified atom stereocenters. The lowest BCUT2D eigenvalue weighted by molar-refractivity contribution is 0.552. The van der Waals surface area contributed by atoms with Crippen LogP contribution >= 0.6 is 0 Å². The number of hydrogen-bond acceptors (Lipinski definition) is 3. The Balaban J connectivity index is 1.90. The molecule has 0 amide bonds. The van der Waals surface area contributed by atoms with Gasteiger partial charge >= 0.3 is 0 Å².